The van der Waals surface area contributed by atoms with Crippen LogP contribution >= 0.6 is 0 Å². The molecule has 1 aliphatic rings. The van der Waals surface area contributed by atoms with Crippen LogP contribution in [0.1, 0.15) is 30.9 Å². The van der Waals surface area contributed by atoms with E-state index in [1.54, 1.807) is 12.4 Å². The predicted octanol–water partition coefficient (Wildman–Crippen LogP) is 4.99. The van der Waals surface area contributed by atoms with E-state index in [9.17, 15) is 4.79 Å². The third-order valence-electron chi connectivity index (χ3n) is 5.65. The number of rotatable bonds is 6. The number of hydrogen-bond acceptors (Lipinski definition) is 5. The Morgan fingerprint density at radius 1 is 1.10 bits per heavy atom. The van der Waals surface area contributed by atoms with Crippen molar-refractivity contribution in [1.82, 2.24) is 9.97 Å². The summed E-state index contributed by atoms with van der Waals surface area (Å²) in [5, 5.41) is 3.06. The number of hydrogen-bond donors (Lipinski definition) is 1. The van der Waals surface area contributed by atoms with Gasteiger partial charge >= 0.3 is 0 Å². The van der Waals surface area contributed by atoms with Gasteiger partial charge in [0.05, 0.1) is 0 Å². The van der Waals surface area contributed by atoms with Gasteiger partial charge in [-0.2, -0.15) is 0 Å². The Hall–Kier alpha value is -3.41. The SMILES string of the molecule is CCc1ccc(NC(=O)C2CCN(c3nccnc3Oc3cccc(C)c3)CC2)cc1. The van der Waals surface area contributed by atoms with Crippen LogP contribution in [0.5, 0.6) is 11.6 Å². The molecule has 4 rings (SSSR count). The average molecular weight is 417 g/mol. The fraction of sp³-hybridized carbons (Fsp3) is 0.320. The lowest BCUT2D eigenvalue weighted by molar-refractivity contribution is -0.120. The smallest absolute Gasteiger partial charge is 0.263 e. The van der Waals surface area contributed by atoms with Crippen molar-refractivity contribution >= 4 is 17.4 Å². The van der Waals surface area contributed by atoms with Crippen LogP contribution in [-0.4, -0.2) is 29.0 Å². The molecule has 160 valence electrons. The summed E-state index contributed by atoms with van der Waals surface area (Å²) in [6.45, 7) is 5.61. The van der Waals surface area contributed by atoms with E-state index in [1.807, 2.05) is 43.3 Å². The van der Waals surface area contributed by atoms with E-state index in [2.05, 4.69) is 39.2 Å². The van der Waals surface area contributed by atoms with Gasteiger partial charge in [-0.1, -0.05) is 31.2 Å². The zero-order valence-corrected chi connectivity index (χ0v) is 18.0. The van der Waals surface area contributed by atoms with Crippen LogP contribution < -0.4 is 15.0 Å². The van der Waals surface area contributed by atoms with Crippen LogP contribution in [0.2, 0.25) is 0 Å². The van der Waals surface area contributed by atoms with Gasteiger partial charge < -0.3 is 15.0 Å². The normalized spacial score (nSPS) is 14.3. The lowest BCUT2D eigenvalue weighted by Crippen LogP contribution is -2.38. The summed E-state index contributed by atoms with van der Waals surface area (Å²) in [6.07, 6.45) is 5.83. The molecule has 2 aromatic carbocycles. The average Bonchev–Trinajstić information content (AvgIpc) is 2.80. The van der Waals surface area contributed by atoms with E-state index >= 15 is 0 Å². The highest BCUT2D eigenvalue weighted by molar-refractivity contribution is 5.92. The Morgan fingerprint density at radius 3 is 2.55 bits per heavy atom. The second kappa shape index (κ2) is 9.60. The Morgan fingerprint density at radius 2 is 1.84 bits per heavy atom. The molecular weight excluding hydrogens is 388 g/mol. The lowest BCUT2D eigenvalue weighted by atomic mass is 9.95. The van der Waals surface area contributed by atoms with Gasteiger partial charge in [-0.15, -0.1) is 0 Å². The van der Waals surface area contributed by atoms with E-state index in [0.717, 1.165) is 55.2 Å². The Bertz CT molecular complexity index is 1030. The minimum atomic E-state index is -0.0140. The Kier molecular flexibility index (Phi) is 6.46. The second-order valence-corrected chi connectivity index (χ2v) is 7.90. The number of benzene rings is 2. The molecule has 1 fully saturated rings. The van der Waals surface area contributed by atoms with Gasteiger partial charge in [0, 0.05) is 37.1 Å². The summed E-state index contributed by atoms with van der Waals surface area (Å²) in [5.41, 5.74) is 3.24. The number of carbonyl (C=O) groups is 1. The highest BCUT2D eigenvalue weighted by Crippen LogP contribution is 2.31. The maximum absolute atomic E-state index is 12.7. The van der Waals surface area contributed by atoms with Crippen LogP contribution in [0.4, 0.5) is 11.5 Å². The van der Waals surface area contributed by atoms with Gasteiger partial charge in [-0.05, 0) is 61.6 Å². The number of amides is 1. The van der Waals surface area contributed by atoms with Gasteiger partial charge in [0.1, 0.15) is 5.75 Å². The van der Waals surface area contributed by atoms with Crippen molar-refractivity contribution in [1.29, 1.82) is 0 Å². The molecule has 1 N–H and O–H groups in total. The van der Waals surface area contributed by atoms with Gasteiger partial charge in [-0.25, -0.2) is 9.97 Å². The van der Waals surface area contributed by atoms with Gasteiger partial charge in [0.15, 0.2) is 5.82 Å². The third kappa shape index (κ3) is 5.20. The van der Waals surface area contributed by atoms with Crippen molar-refractivity contribution in [2.24, 2.45) is 5.92 Å². The van der Waals surface area contributed by atoms with Crippen molar-refractivity contribution in [3.05, 3.63) is 72.1 Å². The Labute approximate surface area is 183 Å². The fourth-order valence-electron chi connectivity index (χ4n) is 3.82. The van der Waals surface area contributed by atoms with E-state index in [1.165, 1.54) is 5.56 Å². The maximum Gasteiger partial charge on any atom is 0.263 e. The summed E-state index contributed by atoms with van der Waals surface area (Å²) in [6, 6.07) is 15.9. The Balaban J connectivity index is 1.38. The molecule has 1 amide bonds. The third-order valence-corrected chi connectivity index (χ3v) is 5.65. The summed E-state index contributed by atoms with van der Waals surface area (Å²) >= 11 is 0. The van der Waals surface area contributed by atoms with Crippen molar-refractivity contribution < 1.29 is 9.53 Å². The number of nitrogens with zero attached hydrogens (tertiary/aromatic N) is 3. The van der Waals surface area contributed by atoms with Crippen LogP contribution in [0.15, 0.2) is 60.9 Å². The molecule has 0 radical (unpaired) electrons. The summed E-state index contributed by atoms with van der Waals surface area (Å²) in [4.78, 5) is 23.8. The lowest BCUT2D eigenvalue weighted by Gasteiger charge is -2.32. The minimum Gasteiger partial charge on any atom is -0.436 e. The molecule has 6 heteroatoms. The molecule has 0 atom stereocenters. The molecule has 0 bridgehead atoms. The molecule has 0 spiro atoms. The van der Waals surface area contributed by atoms with E-state index in [-0.39, 0.29) is 11.8 Å². The monoisotopic (exact) mass is 416 g/mol. The summed E-state index contributed by atoms with van der Waals surface area (Å²) < 4.78 is 6.02. The molecule has 2 heterocycles. The molecule has 0 saturated carbocycles. The molecule has 6 nitrogen and oxygen atoms in total. The molecule has 0 aliphatic carbocycles. The second-order valence-electron chi connectivity index (χ2n) is 7.90. The van der Waals surface area contributed by atoms with Crippen molar-refractivity contribution in [2.45, 2.75) is 33.1 Å². The molecule has 31 heavy (non-hydrogen) atoms. The van der Waals surface area contributed by atoms with Crippen LogP contribution in [0, 0.1) is 12.8 Å². The molecule has 1 aliphatic heterocycles. The molecule has 3 aromatic rings. The van der Waals surface area contributed by atoms with Crippen LogP contribution in [-0.2, 0) is 11.2 Å². The first-order valence-corrected chi connectivity index (χ1v) is 10.8. The number of piperidine rings is 1. The van der Waals surface area contributed by atoms with Gasteiger partial charge in [0.25, 0.3) is 5.88 Å². The number of carbonyl (C=O) groups excluding carboxylic acids is 1. The van der Waals surface area contributed by atoms with E-state index in [0.29, 0.717) is 5.88 Å². The van der Waals surface area contributed by atoms with E-state index in [4.69, 9.17) is 4.74 Å². The standard InChI is InChI=1S/C25H28N4O2/c1-3-19-7-9-21(10-8-19)28-24(30)20-11-15-29(16-12-20)23-25(27-14-13-26-23)31-22-6-4-5-18(2)17-22/h4-10,13-14,17,20H,3,11-12,15-16H2,1-2H3,(H,28,30). The maximum atomic E-state index is 12.7. The number of ether oxygens (including phenoxy) is 1. The van der Waals surface area contributed by atoms with Crippen molar-refractivity contribution in [2.75, 3.05) is 23.3 Å². The molecule has 1 saturated heterocycles. The first kappa shape index (κ1) is 20.8. The number of nitrogens with one attached hydrogen (secondary N) is 1. The molecular formula is C25H28N4O2. The number of anilines is 2. The van der Waals surface area contributed by atoms with Gasteiger partial charge in [-0.3, -0.25) is 4.79 Å². The predicted molar refractivity (Wildman–Crippen MR) is 123 cm³/mol. The first-order valence-electron chi connectivity index (χ1n) is 10.8. The minimum absolute atomic E-state index is 0.0140. The summed E-state index contributed by atoms with van der Waals surface area (Å²) in [5.74, 6) is 2.02. The van der Waals surface area contributed by atoms with Crippen molar-refractivity contribution in [3.8, 4) is 11.6 Å². The number of aromatic nitrogens is 2. The molecule has 0 unspecified atom stereocenters. The van der Waals surface area contributed by atoms with Crippen LogP contribution in [0.25, 0.3) is 0 Å². The van der Waals surface area contributed by atoms with Gasteiger partial charge in [0.2, 0.25) is 5.91 Å². The topological polar surface area (TPSA) is 67.4 Å². The summed E-state index contributed by atoms with van der Waals surface area (Å²) in [7, 11) is 0. The van der Waals surface area contributed by atoms with Crippen molar-refractivity contribution in [3.63, 3.8) is 0 Å². The number of aryl methyl sites for hydroxylation is 2. The van der Waals surface area contributed by atoms with E-state index < -0.39 is 0 Å². The first-order chi connectivity index (χ1) is 15.1. The molecule has 1 aromatic heterocycles. The highest BCUT2D eigenvalue weighted by Gasteiger charge is 2.27. The zero-order chi connectivity index (χ0) is 21.6. The van der Waals surface area contributed by atoms with Crippen LogP contribution in [0.3, 0.4) is 0 Å². The quantitative estimate of drug-likeness (QED) is 0.613. The highest BCUT2D eigenvalue weighted by atomic mass is 16.5. The largest absolute Gasteiger partial charge is 0.436 e. The zero-order valence-electron chi connectivity index (χ0n) is 18.0. The fourth-order valence-corrected chi connectivity index (χ4v) is 3.82.